The van der Waals surface area contributed by atoms with Gasteiger partial charge in [-0.25, -0.2) is 4.90 Å². The van der Waals surface area contributed by atoms with Crippen molar-refractivity contribution in [2.45, 2.75) is 45.4 Å². The van der Waals surface area contributed by atoms with E-state index in [4.69, 9.17) is 4.74 Å². The predicted molar refractivity (Wildman–Crippen MR) is 94.6 cm³/mol. The second-order valence-electron chi connectivity index (χ2n) is 7.64. The Morgan fingerprint density at radius 2 is 1.77 bits per heavy atom. The lowest BCUT2D eigenvalue weighted by atomic mass is 9.81. The zero-order valence-corrected chi connectivity index (χ0v) is 14.9. The van der Waals surface area contributed by atoms with Crippen LogP contribution in [0.1, 0.15) is 29.7 Å². The van der Waals surface area contributed by atoms with Crippen molar-refractivity contribution in [3.8, 4) is 0 Å². The van der Waals surface area contributed by atoms with Gasteiger partial charge >= 0.3 is 0 Å². The van der Waals surface area contributed by atoms with Crippen LogP contribution in [0.25, 0.3) is 0 Å². The van der Waals surface area contributed by atoms with Crippen LogP contribution < -0.4 is 4.90 Å². The van der Waals surface area contributed by atoms with E-state index < -0.39 is 0 Å². The first kappa shape index (κ1) is 15.8. The third-order valence-corrected chi connectivity index (χ3v) is 5.90. The number of carbonyl (C=O) groups excluding carboxylic acids is 2. The summed E-state index contributed by atoms with van der Waals surface area (Å²) in [5.41, 5.74) is 3.27. The molecule has 4 atom stereocenters. The molecule has 1 aromatic heterocycles. The Morgan fingerprint density at radius 1 is 1.08 bits per heavy atom. The van der Waals surface area contributed by atoms with E-state index in [1.807, 2.05) is 23.7 Å². The fourth-order valence-corrected chi connectivity index (χ4v) is 4.68. The highest BCUT2D eigenvalue weighted by atomic mass is 16.5. The molecule has 0 saturated carbocycles. The Hall–Kier alpha value is -2.47. The SMILES string of the molecule is Cc1cccc(Cn2nc(N3C(=O)[C@@H]4[C@@H](C3=O)[C@@H]3CC[C@@H]4O3)cc2C)c1. The normalized spacial score (nSPS) is 29.7. The number of benzene rings is 1. The summed E-state index contributed by atoms with van der Waals surface area (Å²) in [6.45, 7) is 4.62. The molecule has 0 unspecified atom stereocenters. The van der Waals surface area contributed by atoms with Crippen molar-refractivity contribution in [2.75, 3.05) is 4.90 Å². The van der Waals surface area contributed by atoms with E-state index in [1.165, 1.54) is 10.5 Å². The Balaban J connectivity index is 1.44. The molecule has 3 aliphatic heterocycles. The minimum Gasteiger partial charge on any atom is -0.373 e. The molecule has 0 aliphatic carbocycles. The molecule has 26 heavy (non-hydrogen) atoms. The summed E-state index contributed by atoms with van der Waals surface area (Å²) in [4.78, 5) is 27.1. The minimum atomic E-state index is -0.316. The summed E-state index contributed by atoms with van der Waals surface area (Å²) < 4.78 is 7.64. The van der Waals surface area contributed by atoms with E-state index in [9.17, 15) is 9.59 Å². The van der Waals surface area contributed by atoms with Crippen molar-refractivity contribution in [1.82, 2.24) is 9.78 Å². The van der Waals surface area contributed by atoms with Gasteiger partial charge in [-0.15, -0.1) is 0 Å². The van der Waals surface area contributed by atoms with Gasteiger partial charge in [0.25, 0.3) is 0 Å². The largest absolute Gasteiger partial charge is 0.373 e. The number of fused-ring (bicyclic) bond motifs is 5. The van der Waals surface area contributed by atoms with Crippen LogP contribution in [0.15, 0.2) is 30.3 Å². The van der Waals surface area contributed by atoms with Crippen molar-refractivity contribution in [1.29, 1.82) is 0 Å². The molecule has 2 amide bonds. The maximum absolute atomic E-state index is 12.9. The summed E-state index contributed by atoms with van der Waals surface area (Å²) in [6.07, 6.45) is 1.56. The second-order valence-corrected chi connectivity index (χ2v) is 7.64. The molecule has 2 aromatic rings. The van der Waals surface area contributed by atoms with Gasteiger partial charge in [-0.05, 0) is 32.3 Å². The molecule has 6 nitrogen and oxygen atoms in total. The molecule has 3 saturated heterocycles. The Kier molecular flexibility index (Phi) is 3.34. The third kappa shape index (κ3) is 2.18. The highest BCUT2D eigenvalue weighted by Gasteiger charge is 2.63. The van der Waals surface area contributed by atoms with Gasteiger partial charge in [0.2, 0.25) is 11.8 Å². The molecular weight excluding hydrogens is 330 g/mol. The van der Waals surface area contributed by atoms with E-state index in [0.29, 0.717) is 12.4 Å². The lowest BCUT2D eigenvalue weighted by Crippen LogP contribution is -2.34. The van der Waals surface area contributed by atoms with E-state index >= 15 is 0 Å². The summed E-state index contributed by atoms with van der Waals surface area (Å²) in [7, 11) is 0. The summed E-state index contributed by atoms with van der Waals surface area (Å²) in [5, 5.41) is 4.58. The average Bonchev–Trinajstić information content (AvgIpc) is 3.33. The highest BCUT2D eigenvalue weighted by Crippen LogP contribution is 2.49. The first-order valence-corrected chi connectivity index (χ1v) is 9.16. The fourth-order valence-electron chi connectivity index (χ4n) is 4.68. The van der Waals surface area contributed by atoms with E-state index in [0.717, 1.165) is 24.1 Å². The van der Waals surface area contributed by atoms with Crippen molar-refractivity contribution >= 4 is 17.6 Å². The molecule has 6 heteroatoms. The quantitative estimate of drug-likeness (QED) is 0.796. The van der Waals surface area contributed by atoms with Crippen LogP contribution in [-0.2, 0) is 20.9 Å². The molecule has 5 rings (SSSR count). The van der Waals surface area contributed by atoms with Gasteiger partial charge in [-0.3, -0.25) is 14.3 Å². The van der Waals surface area contributed by atoms with Gasteiger partial charge in [0, 0.05) is 11.8 Å². The lowest BCUT2D eigenvalue weighted by Gasteiger charge is -2.15. The molecule has 0 spiro atoms. The number of imide groups is 1. The maximum Gasteiger partial charge on any atom is 0.241 e. The average molecular weight is 351 g/mol. The second kappa shape index (κ2) is 5.51. The van der Waals surface area contributed by atoms with Crippen LogP contribution in [0, 0.1) is 25.7 Å². The van der Waals surface area contributed by atoms with Crippen molar-refractivity contribution in [3.63, 3.8) is 0 Å². The number of anilines is 1. The van der Waals surface area contributed by atoms with E-state index in [1.54, 1.807) is 0 Å². The summed E-state index contributed by atoms with van der Waals surface area (Å²) in [6, 6.07) is 10.1. The number of hydrogen-bond acceptors (Lipinski definition) is 4. The van der Waals surface area contributed by atoms with Crippen molar-refractivity contribution in [3.05, 3.63) is 47.2 Å². The number of nitrogens with zero attached hydrogens (tertiary/aromatic N) is 3. The number of ether oxygens (including phenoxy) is 1. The Bertz CT molecular complexity index is 891. The van der Waals surface area contributed by atoms with Gasteiger partial charge in [-0.2, -0.15) is 5.10 Å². The zero-order valence-electron chi connectivity index (χ0n) is 14.9. The van der Waals surface area contributed by atoms with Crippen LogP contribution in [0.3, 0.4) is 0 Å². The molecule has 3 aliphatic rings. The first-order chi connectivity index (χ1) is 12.5. The molecule has 134 valence electrons. The topological polar surface area (TPSA) is 64.4 Å². The number of aryl methyl sites for hydroxylation is 2. The van der Waals surface area contributed by atoms with Crippen LogP contribution in [0.4, 0.5) is 5.82 Å². The Morgan fingerprint density at radius 3 is 2.42 bits per heavy atom. The van der Waals surface area contributed by atoms with Crippen molar-refractivity contribution < 1.29 is 14.3 Å². The minimum absolute atomic E-state index is 0.0954. The molecule has 4 heterocycles. The molecule has 1 aromatic carbocycles. The summed E-state index contributed by atoms with van der Waals surface area (Å²) in [5.74, 6) is -0.481. The van der Waals surface area contributed by atoms with Gasteiger partial charge < -0.3 is 4.74 Å². The standard InChI is InChI=1S/C20H21N3O3/c1-11-4-3-5-13(8-11)10-22-12(2)9-16(21-22)23-19(24)17-14-6-7-15(26-14)18(17)20(23)25/h3-5,8-9,14-15,17-18H,6-7,10H2,1-2H3/t14-,15-,17-,18-/m0/s1. The van der Waals surface area contributed by atoms with Gasteiger partial charge in [-0.1, -0.05) is 29.8 Å². The zero-order chi connectivity index (χ0) is 18.0. The van der Waals surface area contributed by atoms with Crippen LogP contribution in [-0.4, -0.2) is 33.8 Å². The predicted octanol–water partition coefficient (Wildman–Crippen LogP) is 2.22. The van der Waals surface area contributed by atoms with Gasteiger partial charge in [0.05, 0.1) is 30.6 Å². The molecule has 3 fully saturated rings. The third-order valence-electron chi connectivity index (χ3n) is 5.90. The lowest BCUT2D eigenvalue weighted by molar-refractivity contribution is -0.124. The number of amides is 2. The maximum atomic E-state index is 12.9. The number of carbonyl (C=O) groups is 2. The van der Waals surface area contributed by atoms with Crippen molar-refractivity contribution in [2.24, 2.45) is 11.8 Å². The van der Waals surface area contributed by atoms with Crippen LogP contribution in [0.2, 0.25) is 0 Å². The molecule has 0 radical (unpaired) electrons. The monoisotopic (exact) mass is 351 g/mol. The summed E-state index contributed by atoms with van der Waals surface area (Å²) >= 11 is 0. The Labute approximate surface area is 151 Å². The molecular formula is C20H21N3O3. The first-order valence-electron chi connectivity index (χ1n) is 9.16. The van der Waals surface area contributed by atoms with E-state index in [2.05, 4.69) is 30.2 Å². The van der Waals surface area contributed by atoms with Gasteiger partial charge in [0.15, 0.2) is 5.82 Å². The van der Waals surface area contributed by atoms with Crippen LogP contribution in [0.5, 0.6) is 0 Å². The van der Waals surface area contributed by atoms with Gasteiger partial charge in [0.1, 0.15) is 0 Å². The molecule has 0 N–H and O–H groups in total. The number of rotatable bonds is 3. The van der Waals surface area contributed by atoms with E-state index in [-0.39, 0.29) is 35.9 Å². The molecule has 2 bridgehead atoms. The number of aromatic nitrogens is 2. The number of hydrogen-bond donors (Lipinski definition) is 0. The smallest absolute Gasteiger partial charge is 0.241 e. The van der Waals surface area contributed by atoms with Crippen LogP contribution >= 0.6 is 0 Å². The highest BCUT2D eigenvalue weighted by molar-refractivity contribution is 6.22. The fraction of sp³-hybridized carbons (Fsp3) is 0.450.